The van der Waals surface area contributed by atoms with Crippen molar-refractivity contribution in [3.8, 4) is 5.75 Å². The minimum Gasteiger partial charge on any atom is -0.491 e. The molecule has 0 saturated carbocycles. The Bertz CT molecular complexity index is 511. The number of hydrogen-bond acceptors (Lipinski definition) is 4. The molecule has 1 fully saturated rings. The van der Waals surface area contributed by atoms with Crippen LogP contribution in [0.15, 0.2) is 24.3 Å². The number of rotatable bonds is 3. The molecule has 0 aromatic heterocycles. The van der Waals surface area contributed by atoms with E-state index in [2.05, 4.69) is 4.90 Å². The Balaban J connectivity index is 1.87. The summed E-state index contributed by atoms with van der Waals surface area (Å²) >= 11 is 0. The van der Waals surface area contributed by atoms with E-state index in [1.54, 1.807) is 0 Å². The van der Waals surface area contributed by atoms with Gasteiger partial charge in [-0.05, 0) is 31.4 Å². The summed E-state index contributed by atoms with van der Waals surface area (Å²) in [5.74, 6) is 0.135. The standard InChI is InChI=1S/C16H21NO4/c18-15(19)16(6-10-20-11-7-16)12-17-8-3-9-21-14-5-2-1-4-13(14)17/h1-2,4-5H,3,6-12H2,(H,18,19). The lowest BCUT2D eigenvalue weighted by atomic mass is 9.79. The van der Waals surface area contributed by atoms with E-state index in [9.17, 15) is 9.90 Å². The molecule has 1 aromatic carbocycles. The van der Waals surface area contributed by atoms with Crippen LogP contribution in [0.3, 0.4) is 0 Å². The molecule has 0 amide bonds. The maximum Gasteiger partial charge on any atom is 0.311 e. The second-order valence-electron chi connectivity index (χ2n) is 5.79. The highest BCUT2D eigenvalue weighted by Gasteiger charge is 2.42. The predicted molar refractivity (Wildman–Crippen MR) is 78.9 cm³/mol. The zero-order valence-corrected chi connectivity index (χ0v) is 12.1. The van der Waals surface area contributed by atoms with Crippen LogP contribution < -0.4 is 9.64 Å². The Kier molecular flexibility index (Phi) is 4.01. The van der Waals surface area contributed by atoms with Crippen LogP contribution >= 0.6 is 0 Å². The van der Waals surface area contributed by atoms with Gasteiger partial charge in [-0.15, -0.1) is 0 Å². The lowest BCUT2D eigenvalue weighted by Crippen LogP contribution is -2.47. The number of fused-ring (bicyclic) bond motifs is 1. The number of aliphatic carboxylic acids is 1. The molecule has 1 saturated heterocycles. The van der Waals surface area contributed by atoms with Crippen LogP contribution in [-0.4, -0.2) is 44.0 Å². The summed E-state index contributed by atoms with van der Waals surface area (Å²) in [7, 11) is 0. The Labute approximate surface area is 124 Å². The van der Waals surface area contributed by atoms with Crippen molar-refractivity contribution in [1.29, 1.82) is 0 Å². The topological polar surface area (TPSA) is 59.0 Å². The number of carbonyl (C=O) groups is 1. The van der Waals surface area contributed by atoms with Gasteiger partial charge in [0, 0.05) is 26.3 Å². The molecule has 5 heteroatoms. The molecule has 3 rings (SSSR count). The van der Waals surface area contributed by atoms with Gasteiger partial charge in [0.2, 0.25) is 0 Å². The molecular weight excluding hydrogens is 270 g/mol. The van der Waals surface area contributed by atoms with Crippen LogP contribution in [0.1, 0.15) is 19.3 Å². The van der Waals surface area contributed by atoms with E-state index in [1.165, 1.54) is 0 Å². The van der Waals surface area contributed by atoms with Crippen LogP contribution in [0.25, 0.3) is 0 Å². The normalized spacial score (nSPS) is 21.0. The minimum atomic E-state index is -0.714. The summed E-state index contributed by atoms with van der Waals surface area (Å²) in [5.41, 5.74) is 0.289. The Morgan fingerprint density at radius 3 is 2.76 bits per heavy atom. The molecule has 0 spiro atoms. The van der Waals surface area contributed by atoms with Crippen molar-refractivity contribution < 1.29 is 19.4 Å². The van der Waals surface area contributed by atoms with Gasteiger partial charge in [0.1, 0.15) is 5.75 Å². The van der Waals surface area contributed by atoms with E-state index in [-0.39, 0.29) is 0 Å². The molecule has 21 heavy (non-hydrogen) atoms. The lowest BCUT2D eigenvalue weighted by molar-refractivity contribution is -0.154. The second-order valence-corrected chi connectivity index (χ2v) is 5.79. The number of nitrogens with zero attached hydrogens (tertiary/aromatic N) is 1. The highest BCUT2D eigenvalue weighted by Crippen LogP contribution is 2.37. The predicted octanol–water partition coefficient (Wildman–Crippen LogP) is 2.16. The number of anilines is 1. The number of carboxylic acid groups (broad SMARTS) is 1. The van der Waals surface area contributed by atoms with Gasteiger partial charge in [0.25, 0.3) is 0 Å². The Hall–Kier alpha value is -1.75. The zero-order valence-electron chi connectivity index (χ0n) is 12.1. The monoisotopic (exact) mass is 291 g/mol. The summed E-state index contributed by atoms with van der Waals surface area (Å²) in [5, 5.41) is 9.72. The molecule has 2 aliphatic rings. The van der Waals surface area contributed by atoms with Crippen LogP contribution in [-0.2, 0) is 9.53 Å². The van der Waals surface area contributed by atoms with Crippen molar-refractivity contribution in [2.75, 3.05) is 37.8 Å². The van der Waals surface area contributed by atoms with E-state index in [0.29, 0.717) is 39.2 Å². The third kappa shape index (κ3) is 2.83. The SMILES string of the molecule is O=C(O)C1(CN2CCCOc3ccccc32)CCOCC1. The fourth-order valence-corrected chi connectivity index (χ4v) is 3.13. The quantitative estimate of drug-likeness (QED) is 0.924. The maximum atomic E-state index is 11.8. The number of para-hydroxylation sites is 2. The smallest absolute Gasteiger partial charge is 0.311 e. The Morgan fingerprint density at radius 1 is 1.24 bits per heavy atom. The van der Waals surface area contributed by atoms with Gasteiger partial charge < -0.3 is 19.5 Å². The molecule has 1 aromatic rings. The van der Waals surface area contributed by atoms with Crippen molar-refractivity contribution in [2.24, 2.45) is 5.41 Å². The van der Waals surface area contributed by atoms with E-state index < -0.39 is 11.4 Å². The first-order chi connectivity index (χ1) is 10.2. The molecule has 0 aliphatic carbocycles. The van der Waals surface area contributed by atoms with Gasteiger partial charge >= 0.3 is 5.97 Å². The van der Waals surface area contributed by atoms with Crippen molar-refractivity contribution in [1.82, 2.24) is 0 Å². The van der Waals surface area contributed by atoms with E-state index in [4.69, 9.17) is 9.47 Å². The molecule has 0 atom stereocenters. The summed E-state index contributed by atoms with van der Waals surface area (Å²) < 4.78 is 11.1. The van der Waals surface area contributed by atoms with Crippen molar-refractivity contribution >= 4 is 11.7 Å². The Morgan fingerprint density at radius 2 is 2.00 bits per heavy atom. The van der Waals surface area contributed by atoms with Crippen LogP contribution in [0, 0.1) is 5.41 Å². The van der Waals surface area contributed by atoms with Gasteiger partial charge in [0.05, 0.1) is 17.7 Å². The van der Waals surface area contributed by atoms with Gasteiger partial charge in [-0.1, -0.05) is 12.1 Å². The largest absolute Gasteiger partial charge is 0.491 e. The first-order valence-corrected chi connectivity index (χ1v) is 7.49. The number of benzene rings is 1. The third-order valence-electron chi connectivity index (χ3n) is 4.43. The number of hydrogen-bond donors (Lipinski definition) is 1. The fraction of sp³-hybridized carbons (Fsp3) is 0.562. The average Bonchev–Trinajstić information content (AvgIpc) is 2.71. The summed E-state index contributed by atoms with van der Waals surface area (Å²) in [4.78, 5) is 14.0. The molecule has 1 N–H and O–H groups in total. The van der Waals surface area contributed by atoms with Crippen molar-refractivity contribution in [3.05, 3.63) is 24.3 Å². The molecule has 2 heterocycles. The highest BCUT2D eigenvalue weighted by atomic mass is 16.5. The summed E-state index contributed by atoms with van der Waals surface area (Å²) in [6, 6.07) is 7.88. The summed E-state index contributed by atoms with van der Waals surface area (Å²) in [6.07, 6.45) is 2.05. The number of ether oxygens (including phenoxy) is 2. The van der Waals surface area contributed by atoms with Gasteiger partial charge in [0.15, 0.2) is 0 Å². The zero-order chi connectivity index (χ0) is 14.7. The van der Waals surface area contributed by atoms with Crippen LogP contribution in [0.2, 0.25) is 0 Å². The molecule has 2 aliphatic heterocycles. The highest BCUT2D eigenvalue weighted by molar-refractivity contribution is 5.76. The lowest BCUT2D eigenvalue weighted by Gasteiger charge is -2.38. The first-order valence-electron chi connectivity index (χ1n) is 7.49. The van der Waals surface area contributed by atoms with Gasteiger partial charge in [-0.2, -0.15) is 0 Å². The molecule has 0 bridgehead atoms. The van der Waals surface area contributed by atoms with Gasteiger partial charge in [-0.3, -0.25) is 4.79 Å². The van der Waals surface area contributed by atoms with E-state index >= 15 is 0 Å². The second kappa shape index (κ2) is 5.93. The van der Waals surface area contributed by atoms with E-state index in [0.717, 1.165) is 24.4 Å². The molecular formula is C16H21NO4. The molecule has 0 unspecified atom stereocenters. The third-order valence-corrected chi connectivity index (χ3v) is 4.43. The minimum absolute atomic E-state index is 0.520. The van der Waals surface area contributed by atoms with Crippen molar-refractivity contribution in [2.45, 2.75) is 19.3 Å². The number of carboxylic acids is 1. The fourth-order valence-electron chi connectivity index (χ4n) is 3.13. The van der Waals surface area contributed by atoms with Gasteiger partial charge in [-0.25, -0.2) is 0 Å². The summed E-state index contributed by atoms with van der Waals surface area (Å²) in [6.45, 7) is 3.08. The molecule has 0 radical (unpaired) electrons. The van der Waals surface area contributed by atoms with Crippen LogP contribution in [0.5, 0.6) is 5.75 Å². The maximum absolute atomic E-state index is 11.8. The molecule has 5 nitrogen and oxygen atoms in total. The molecule has 114 valence electrons. The average molecular weight is 291 g/mol. The first kappa shape index (κ1) is 14.2. The van der Waals surface area contributed by atoms with Crippen molar-refractivity contribution in [3.63, 3.8) is 0 Å². The van der Waals surface area contributed by atoms with Crippen LogP contribution in [0.4, 0.5) is 5.69 Å². The van der Waals surface area contributed by atoms with E-state index in [1.807, 2.05) is 24.3 Å².